The maximum absolute atomic E-state index is 11.7. The van der Waals surface area contributed by atoms with Gasteiger partial charge in [-0.05, 0) is 29.3 Å². The molecule has 2 amide bonds. The third-order valence-corrected chi connectivity index (χ3v) is 3.06. The Morgan fingerprint density at radius 3 is 2.63 bits per heavy atom. The number of aliphatic hydroxyl groups excluding tert-OH is 1. The second-order valence-electron chi connectivity index (χ2n) is 4.45. The van der Waals surface area contributed by atoms with Crippen molar-refractivity contribution in [2.45, 2.75) is 19.4 Å². The fraction of sp³-hybridized carbons (Fsp3) is 0.267. The maximum atomic E-state index is 11.7. The van der Waals surface area contributed by atoms with Crippen LogP contribution in [-0.2, 0) is 0 Å². The standard InChI is InChI=1S/C15H18N2O2/c1-2-13(10-18)16-15(19)17-14-8-7-11-5-3-4-6-12(11)9-14/h3-9,13,18H,2,10H2,1H3,(H2,16,17,19)/t13-/m0/s1. The van der Waals surface area contributed by atoms with Gasteiger partial charge in [-0.25, -0.2) is 4.79 Å². The number of nitrogens with one attached hydrogen (secondary N) is 2. The summed E-state index contributed by atoms with van der Waals surface area (Å²) in [6, 6.07) is 13.2. The van der Waals surface area contributed by atoms with E-state index in [0.717, 1.165) is 16.5 Å². The molecule has 0 bridgehead atoms. The van der Waals surface area contributed by atoms with Gasteiger partial charge in [0.05, 0.1) is 12.6 Å². The maximum Gasteiger partial charge on any atom is 0.319 e. The number of carbonyl (C=O) groups excluding carboxylic acids is 1. The highest BCUT2D eigenvalue weighted by Gasteiger charge is 2.08. The predicted molar refractivity (Wildman–Crippen MR) is 77.3 cm³/mol. The van der Waals surface area contributed by atoms with E-state index < -0.39 is 0 Å². The molecule has 2 aromatic carbocycles. The van der Waals surface area contributed by atoms with Crippen LogP contribution in [0, 0.1) is 0 Å². The number of hydrogen-bond acceptors (Lipinski definition) is 2. The van der Waals surface area contributed by atoms with Gasteiger partial charge in [0.1, 0.15) is 0 Å². The molecular weight excluding hydrogens is 240 g/mol. The quantitative estimate of drug-likeness (QED) is 0.789. The highest BCUT2D eigenvalue weighted by atomic mass is 16.3. The van der Waals surface area contributed by atoms with E-state index in [1.165, 1.54) is 0 Å². The van der Waals surface area contributed by atoms with Crippen molar-refractivity contribution in [3.05, 3.63) is 42.5 Å². The monoisotopic (exact) mass is 258 g/mol. The van der Waals surface area contributed by atoms with Crippen LogP contribution in [0.5, 0.6) is 0 Å². The topological polar surface area (TPSA) is 61.4 Å². The summed E-state index contributed by atoms with van der Waals surface area (Å²) < 4.78 is 0. The first-order valence-corrected chi connectivity index (χ1v) is 6.40. The van der Waals surface area contributed by atoms with Crippen LogP contribution in [0.3, 0.4) is 0 Å². The van der Waals surface area contributed by atoms with Crippen molar-refractivity contribution in [3.63, 3.8) is 0 Å². The summed E-state index contributed by atoms with van der Waals surface area (Å²) in [5.74, 6) is 0. The first-order valence-electron chi connectivity index (χ1n) is 6.40. The zero-order valence-corrected chi connectivity index (χ0v) is 10.9. The van der Waals surface area contributed by atoms with Crippen LogP contribution in [0.1, 0.15) is 13.3 Å². The van der Waals surface area contributed by atoms with Gasteiger partial charge in [0.15, 0.2) is 0 Å². The molecule has 0 aliphatic heterocycles. The van der Waals surface area contributed by atoms with E-state index in [0.29, 0.717) is 6.42 Å². The number of aliphatic hydroxyl groups is 1. The second-order valence-corrected chi connectivity index (χ2v) is 4.45. The molecule has 0 saturated carbocycles. The molecule has 4 heteroatoms. The third kappa shape index (κ3) is 3.45. The summed E-state index contributed by atoms with van der Waals surface area (Å²) in [6.45, 7) is 1.86. The molecule has 3 N–H and O–H groups in total. The summed E-state index contributed by atoms with van der Waals surface area (Å²) in [7, 11) is 0. The number of rotatable bonds is 4. The Morgan fingerprint density at radius 2 is 1.95 bits per heavy atom. The summed E-state index contributed by atoms with van der Waals surface area (Å²) in [4.78, 5) is 11.7. The first kappa shape index (κ1) is 13.4. The van der Waals surface area contributed by atoms with Crippen LogP contribution in [0.4, 0.5) is 10.5 Å². The van der Waals surface area contributed by atoms with Gasteiger partial charge >= 0.3 is 6.03 Å². The first-order chi connectivity index (χ1) is 9.22. The molecule has 0 aliphatic rings. The van der Waals surface area contributed by atoms with Gasteiger partial charge in [-0.1, -0.05) is 37.3 Å². The summed E-state index contributed by atoms with van der Waals surface area (Å²) in [5.41, 5.74) is 0.740. The normalized spacial score (nSPS) is 12.1. The molecule has 0 spiro atoms. The molecule has 0 radical (unpaired) electrons. The lowest BCUT2D eigenvalue weighted by Gasteiger charge is -2.14. The molecule has 0 aromatic heterocycles. The van der Waals surface area contributed by atoms with Gasteiger partial charge in [0, 0.05) is 5.69 Å². The minimum Gasteiger partial charge on any atom is -0.394 e. The van der Waals surface area contributed by atoms with E-state index in [9.17, 15) is 4.79 Å². The van der Waals surface area contributed by atoms with E-state index in [1.807, 2.05) is 49.4 Å². The Balaban J connectivity index is 2.06. The zero-order chi connectivity index (χ0) is 13.7. The second kappa shape index (κ2) is 6.20. The molecule has 0 aliphatic carbocycles. The van der Waals surface area contributed by atoms with Crippen molar-refractivity contribution in [1.29, 1.82) is 0 Å². The molecular formula is C15H18N2O2. The molecule has 1 atom stereocenters. The van der Waals surface area contributed by atoms with E-state index in [2.05, 4.69) is 10.6 Å². The Hall–Kier alpha value is -2.07. The van der Waals surface area contributed by atoms with Crippen molar-refractivity contribution in [2.24, 2.45) is 0 Å². The SMILES string of the molecule is CC[C@@H](CO)NC(=O)Nc1ccc2ccccc2c1. The van der Waals surface area contributed by atoms with Gasteiger partial charge in [-0.3, -0.25) is 0 Å². The molecule has 4 nitrogen and oxygen atoms in total. The molecule has 2 aromatic rings. The molecule has 0 fully saturated rings. The average molecular weight is 258 g/mol. The minimum absolute atomic E-state index is 0.0539. The van der Waals surface area contributed by atoms with Crippen LogP contribution in [0.15, 0.2) is 42.5 Å². The molecule has 0 heterocycles. The third-order valence-electron chi connectivity index (χ3n) is 3.06. The van der Waals surface area contributed by atoms with E-state index in [4.69, 9.17) is 5.11 Å². The Labute approximate surface area is 112 Å². The molecule has 2 rings (SSSR count). The summed E-state index contributed by atoms with van der Waals surface area (Å²) in [5, 5.41) is 16.7. The molecule has 19 heavy (non-hydrogen) atoms. The van der Waals surface area contributed by atoms with Gasteiger partial charge in [0.2, 0.25) is 0 Å². The molecule has 0 saturated heterocycles. The number of anilines is 1. The fourth-order valence-corrected chi connectivity index (χ4v) is 1.90. The Bertz CT molecular complexity index is 565. The zero-order valence-electron chi connectivity index (χ0n) is 10.9. The number of hydrogen-bond donors (Lipinski definition) is 3. The van der Waals surface area contributed by atoms with Crippen LogP contribution in [-0.4, -0.2) is 23.8 Å². The predicted octanol–water partition coefficient (Wildman–Crippen LogP) is 2.73. The molecule has 0 unspecified atom stereocenters. The lowest BCUT2D eigenvalue weighted by Crippen LogP contribution is -2.39. The van der Waals surface area contributed by atoms with Crippen LogP contribution in [0.25, 0.3) is 10.8 Å². The smallest absolute Gasteiger partial charge is 0.319 e. The highest BCUT2D eigenvalue weighted by molar-refractivity contribution is 5.93. The number of fused-ring (bicyclic) bond motifs is 1. The van der Waals surface area contributed by atoms with E-state index >= 15 is 0 Å². The van der Waals surface area contributed by atoms with Gasteiger partial charge in [-0.15, -0.1) is 0 Å². The summed E-state index contributed by atoms with van der Waals surface area (Å²) >= 11 is 0. The largest absolute Gasteiger partial charge is 0.394 e. The van der Waals surface area contributed by atoms with Crippen molar-refractivity contribution in [1.82, 2.24) is 5.32 Å². The van der Waals surface area contributed by atoms with E-state index in [-0.39, 0.29) is 18.7 Å². The van der Waals surface area contributed by atoms with Crippen molar-refractivity contribution in [3.8, 4) is 0 Å². The summed E-state index contributed by atoms with van der Waals surface area (Å²) in [6.07, 6.45) is 0.696. The number of benzene rings is 2. The van der Waals surface area contributed by atoms with Crippen molar-refractivity contribution >= 4 is 22.5 Å². The fourth-order valence-electron chi connectivity index (χ4n) is 1.90. The highest BCUT2D eigenvalue weighted by Crippen LogP contribution is 2.18. The van der Waals surface area contributed by atoms with Gasteiger partial charge in [0.25, 0.3) is 0 Å². The number of carbonyl (C=O) groups is 1. The van der Waals surface area contributed by atoms with E-state index in [1.54, 1.807) is 0 Å². The lowest BCUT2D eigenvalue weighted by atomic mass is 10.1. The van der Waals surface area contributed by atoms with Crippen LogP contribution < -0.4 is 10.6 Å². The van der Waals surface area contributed by atoms with Crippen LogP contribution in [0.2, 0.25) is 0 Å². The number of amides is 2. The Morgan fingerprint density at radius 1 is 1.21 bits per heavy atom. The average Bonchev–Trinajstić information content (AvgIpc) is 2.44. The van der Waals surface area contributed by atoms with Crippen molar-refractivity contribution < 1.29 is 9.90 Å². The minimum atomic E-state index is -0.295. The van der Waals surface area contributed by atoms with Gasteiger partial charge in [-0.2, -0.15) is 0 Å². The van der Waals surface area contributed by atoms with Crippen molar-refractivity contribution in [2.75, 3.05) is 11.9 Å². The van der Waals surface area contributed by atoms with Gasteiger partial charge < -0.3 is 15.7 Å². The van der Waals surface area contributed by atoms with Crippen LogP contribution >= 0.6 is 0 Å². The number of urea groups is 1. The lowest BCUT2D eigenvalue weighted by molar-refractivity contribution is 0.222. The molecule has 100 valence electrons. The Kier molecular flexibility index (Phi) is 4.36.